The third kappa shape index (κ3) is 3.28. The van der Waals surface area contributed by atoms with E-state index in [9.17, 15) is 9.59 Å². The highest BCUT2D eigenvalue weighted by Crippen LogP contribution is 2.39. The van der Waals surface area contributed by atoms with Gasteiger partial charge in [-0.05, 0) is 49.3 Å². The zero-order valence-corrected chi connectivity index (χ0v) is 15.8. The van der Waals surface area contributed by atoms with Crippen molar-refractivity contribution in [2.75, 3.05) is 5.73 Å². The van der Waals surface area contributed by atoms with Crippen molar-refractivity contribution in [1.82, 2.24) is 15.1 Å². The minimum Gasteiger partial charge on any atom is -0.383 e. The molecule has 7 heteroatoms. The number of rotatable bonds is 6. The maximum absolute atomic E-state index is 12.2. The molecule has 1 saturated carbocycles. The Kier molecular flexibility index (Phi) is 4.45. The van der Waals surface area contributed by atoms with Crippen molar-refractivity contribution >= 4 is 17.6 Å². The first-order chi connectivity index (χ1) is 13.4. The summed E-state index contributed by atoms with van der Waals surface area (Å²) < 4.78 is 1.63. The van der Waals surface area contributed by atoms with E-state index in [1.54, 1.807) is 4.68 Å². The predicted molar refractivity (Wildman–Crippen MR) is 107 cm³/mol. The van der Waals surface area contributed by atoms with Crippen LogP contribution in [-0.2, 0) is 24.2 Å². The summed E-state index contributed by atoms with van der Waals surface area (Å²) in [5, 5.41) is 7.65. The van der Waals surface area contributed by atoms with E-state index < -0.39 is 5.91 Å². The lowest BCUT2D eigenvalue weighted by Gasteiger charge is -2.23. The number of aromatic nitrogens is 2. The lowest BCUT2D eigenvalue weighted by Crippen LogP contribution is -2.39. The fourth-order valence-electron chi connectivity index (χ4n) is 4.16. The van der Waals surface area contributed by atoms with Crippen LogP contribution in [0.3, 0.4) is 0 Å². The van der Waals surface area contributed by atoms with E-state index in [2.05, 4.69) is 24.0 Å². The third-order valence-electron chi connectivity index (χ3n) is 5.88. The molecule has 28 heavy (non-hydrogen) atoms. The summed E-state index contributed by atoms with van der Waals surface area (Å²) >= 11 is 0. The molecule has 1 atom stereocenters. The van der Waals surface area contributed by atoms with Crippen molar-refractivity contribution < 1.29 is 9.59 Å². The van der Waals surface area contributed by atoms with Crippen LogP contribution in [0.25, 0.3) is 0 Å². The number of amides is 2. The molecule has 5 N–H and O–H groups in total. The molecule has 2 aliphatic carbocycles. The number of carbonyl (C=O) groups is 2. The second kappa shape index (κ2) is 6.82. The number of nitrogens with one attached hydrogen (secondary N) is 1. The minimum atomic E-state index is -0.558. The number of carbonyl (C=O) groups excluding carboxylic acids is 2. The van der Waals surface area contributed by atoms with Crippen molar-refractivity contribution in [3.05, 3.63) is 59.3 Å². The number of fused-ring (bicyclic) bond motifs is 1. The molecule has 2 aliphatic rings. The molecule has 146 valence electrons. The van der Waals surface area contributed by atoms with Crippen LogP contribution < -0.4 is 16.8 Å². The highest BCUT2D eigenvalue weighted by Gasteiger charge is 2.45. The predicted octanol–water partition coefficient (Wildman–Crippen LogP) is 1.67. The fourth-order valence-corrected chi connectivity index (χ4v) is 4.16. The van der Waals surface area contributed by atoms with E-state index in [4.69, 9.17) is 16.6 Å². The Morgan fingerprint density at radius 2 is 2.04 bits per heavy atom. The van der Waals surface area contributed by atoms with Crippen molar-refractivity contribution in [2.45, 2.75) is 50.1 Å². The lowest BCUT2D eigenvalue weighted by atomic mass is 9.81. The number of nitrogens with zero attached hydrogens (tertiary/aromatic N) is 2. The maximum atomic E-state index is 12.2. The van der Waals surface area contributed by atoms with E-state index >= 15 is 0 Å². The van der Waals surface area contributed by atoms with Gasteiger partial charge in [0.2, 0.25) is 5.91 Å². The van der Waals surface area contributed by atoms with Gasteiger partial charge in [-0.3, -0.25) is 9.59 Å². The molecular weight excluding hydrogens is 354 g/mol. The van der Waals surface area contributed by atoms with Crippen LogP contribution in [0.4, 0.5) is 5.82 Å². The Labute approximate surface area is 163 Å². The first kappa shape index (κ1) is 18.3. The highest BCUT2D eigenvalue weighted by atomic mass is 16.2. The molecule has 0 saturated heterocycles. The quantitative estimate of drug-likeness (QED) is 0.662. The molecule has 2 aromatic rings. The SMILES string of the molecule is C=CC(=O)NC1(Cn2nc(C3CCc4ccccc4C3)c(C(N)=O)c2N)CC1. The molecular formula is C21H25N5O2. The summed E-state index contributed by atoms with van der Waals surface area (Å²) in [5.74, 6) is -0.403. The summed E-state index contributed by atoms with van der Waals surface area (Å²) in [6.45, 7) is 3.92. The smallest absolute Gasteiger partial charge is 0.254 e. The van der Waals surface area contributed by atoms with E-state index in [-0.39, 0.29) is 23.2 Å². The topological polar surface area (TPSA) is 116 Å². The molecule has 0 aliphatic heterocycles. The Morgan fingerprint density at radius 3 is 2.68 bits per heavy atom. The number of nitrogen functional groups attached to an aromatic ring is 1. The highest BCUT2D eigenvalue weighted by molar-refractivity contribution is 5.98. The van der Waals surface area contributed by atoms with Gasteiger partial charge in [0.05, 0.1) is 17.8 Å². The molecule has 0 bridgehead atoms. The standard InChI is InChI=1S/C21H25N5O2/c1-2-16(27)24-21(9-10-21)12-26-19(22)17(20(23)28)18(25-26)15-8-7-13-5-3-4-6-14(13)11-15/h2-6,15H,1,7-12,22H2,(H2,23,28)(H,24,27). The van der Waals surface area contributed by atoms with Crippen LogP contribution in [-0.4, -0.2) is 27.1 Å². The van der Waals surface area contributed by atoms with Gasteiger partial charge < -0.3 is 16.8 Å². The fraction of sp³-hybridized carbons (Fsp3) is 0.381. The first-order valence-corrected chi connectivity index (χ1v) is 9.60. The van der Waals surface area contributed by atoms with Crippen LogP contribution in [0.2, 0.25) is 0 Å². The van der Waals surface area contributed by atoms with Gasteiger partial charge in [-0.15, -0.1) is 0 Å². The van der Waals surface area contributed by atoms with Crippen molar-refractivity contribution in [1.29, 1.82) is 0 Å². The van der Waals surface area contributed by atoms with Crippen LogP contribution in [0, 0.1) is 0 Å². The minimum absolute atomic E-state index is 0.0962. The average molecular weight is 379 g/mol. The molecule has 0 spiro atoms. The normalized spacial score (nSPS) is 19.5. The zero-order chi connectivity index (χ0) is 19.9. The Hall–Kier alpha value is -3.09. The Balaban J connectivity index is 1.64. The largest absolute Gasteiger partial charge is 0.383 e. The summed E-state index contributed by atoms with van der Waals surface area (Å²) in [5.41, 5.74) is 15.2. The summed E-state index contributed by atoms with van der Waals surface area (Å²) in [4.78, 5) is 23.9. The average Bonchev–Trinajstić information content (AvgIpc) is 3.36. The van der Waals surface area contributed by atoms with Crippen molar-refractivity contribution in [3.8, 4) is 0 Å². The molecule has 1 aromatic carbocycles. The summed E-state index contributed by atoms with van der Waals surface area (Å²) in [6, 6.07) is 8.35. The van der Waals surface area contributed by atoms with E-state index in [0.717, 1.165) is 32.1 Å². The van der Waals surface area contributed by atoms with Gasteiger partial charge in [-0.1, -0.05) is 30.8 Å². The van der Waals surface area contributed by atoms with Gasteiger partial charge in [0.25, 0.3) is 5.91 Å². The van der Waals surface area contributed by atoms with Gasteiger partial charge in [-0.2, -0.15) is 5.10 Å². The van der Waals surface area contributed by atoms with Gasteiger partial charge in [0.15, 0.2) is 0 Å². The van der Waals surface area contributed by atoms with Crippen LogP contribution in [0.5, 0.6) is 0 Å². The van der Waals surface area contributed by atoms with E-state index in [0.29, 0.717) is 17.8 Å². The number of anilines is 1. The number of hydrogen-bond donors (Lipinski definition) is 3. The maximum Gasteiger partial charge on any atom is 0.254 e. The summed E-state index contributed by atoms with van der Waals surface area (Å²) in [6.07, 6.45) is 5.57. The van der Waals surface area contributed by atoms with Crippen LogP contribution in [0.15, 0.2) is 36.9 Å². The van der Waals surface area contributed by atoms with Gasteiger partial charge >= 0.3 is 0 Å². The van der Waals surface area contributed by atoms with Crippen LogP contribution in [0.1, 0.15) is 52.4 Å². The molecule has 4 rings (SSSR count). The molecule has 1 aromatic heterocycles. The monoisotopic (exact) mass is 379 g/mol. The molecule has 2 amide bonds. The molecule has 1 unspecified atom stereocenters. The van der Waals surface area contributed by atoms with Gasteiger partial charge in [0, 0.05) is 5.92 Å². The first-order valence-electron chi connectivity index (χ1n) is 9.60. The number of primary amides is 1. The van der Waals surface area contributed by atoms with Crippen LogP contribution >= 0.6 is 0 Å². The second-order valence-corrected chi connectivity index (χ2v) is 7.85. The number of aryl methyl sites for hydroxylation is 1. The number of nitrogens with two attached hydrogens (primary N) is 2. The zero-order valence-electron chi connectivity index (χ0n) is 15.8. The molecule has 1 heterocycles. The van der Waals surface area contributed by atoms with Gasteiger partial charge in [-0.25, -0.2) is 4.68 Å². The third-order valence-corrected chi connectivity index (χ3v) is 5.88. The van der Waals surface area contributed by atoms with E-state index in [1.807, 2.05) is 12.1 Å². The number of hydrogen-bond acceptors (Lipinski definition) is 4. The Bertz CT molecular complexity index is 958. The molecule has 1 fully saturated rings. The van der Waals surface area contributed by atoms with Crippen molar-refractivity contribution in [3.63, 3.8) is 0 Å². The van der Waals surface area contributed by atoms with Gasteiger partial charge in [0.1, 0.15) is 11.4 Å². The second-order valence-electron chi connectivity index (χ2n) is 7.85. The molecule has 0 radical (unpaired) electrons. The summed E-state index contributed by atoms with van der Waals surface area (Å²) in [7, 11) is 0. The Morgan fingerprint density at radius 1 is 1.32 bits per heavy atom. The number of benzene rings is 1. The molecule has 7 nitrogen and oxygen atoms in total. The van der Waals surface area contributed by atoms with E-state index in [1.165, 1.54) is 17.2 Å². The lowest BCUT2D eigenvalue weighted by molar-refractivity contribution is -0.117. The van der Waals surface area contributed by atoms with Crippen molar-refractivity contribution in [2.24, 2.45) is 5.73 Å².